The summed E-state index contributed by atoms with van der Waals surface area (Å²) in [4.78, 5) is 24.1. The summed E-state index contributed by atoms with van der Waals surface area (Å²) in [5.41, 5.74) is 2.56. The number of carbonyl (C=O) groups excluding carboxylic acids is 2. The van der Waals surface area contributed by atoms with E-state index in [1.54, 1.807) is 29.9 Å². The molecule has 2 heterocycles. The molecule has 0 saturated heterocycles. The van der Waals surface area contributed by atoms with Crippen LogP contribution in [0, 0.1) is 6.92 Å². The molecule has 7 nitrogen and oxygen atoms in total. The highest BCUT2D eigenvalue weighted by molar-refractivity contribution is 6.07. The van der Waals surface area contributed by atoms with E-state index in [1.807, 2.05) is 36.0 Å². The van der Waals surface area contributed by atoms with E-state index in [2.05, 4.69) is 15.7 Å². The summed E-state index contributed by atoms with van der Waals surface area (Å²) in [5, 5.41) is 9.85. The first-order valence-corrected chi connectivity index (χ1v) is 7.81. The lowest BCUT2D eigenvalue weighted by Gasteiger charge is -2.13. The fourth-order valence-corrected chi connectivity index (χ4v) is 2.66. The molecule has 0 spiro atoms. The molecular formula is C18H19N5O2. The third-order valence-corrected chi connectivity index (χ3v) is 3.89. The van der Waals surface area contributed by atoms with Gasteiger partial charge >= 0.3 is 0 Å². The molecule has 2 aromatic heterocycles. The van der Waals surface area contributed by atoms with E-state index in [0.29, 0.717) is 22.8 Å². The molecule has 0 saturated carbocycles. The van der Waals surface area contributed by atoms with Gasteiger partial charge in [-0.2, -0.15) is 5.10 Å². The van der Waals surface area contributed by atoms with Gasteiger partial charge in [0, 0.05) is 37.7 Å². The quantitative estimate of drug-likeness (QED) is 0.768. The summed E-state index contributed by atoms with van der Waals surface area (Å²) in [5.74, 6) is 0.256. The molecule has 0 aliphatic rings. The Bertz CT molecular complexity index is 925. The minimum absolute atomic E-state index is 0.159. The van der Waals surface area contributed by atoms with Crippen LogP contribution in [0.5, 0.6) is 0 Å². The zero-order chi connectivity index (χ0) is 18.0. The molecule has 0 atom stereocenters. The van der Waals surface area contributed by atoms with Crippen LogP contribution in [0.25, 0.3) is 5.82 Å². The maximum atomic E-state index is 12.8. The monoisotopic (exact) mass is 337 g/mol. The van der Waals surface area contributed by atoms with Crippen LogP contribution in [0.3, 0.4) is 0 Å². The summed E-state index contributed by atoms with van der Waals surface area (Å²) in [6, 6.07) is 9.14. The molecule has 0 radical (unpaired) electrons. The largest absolute Gasteiger partial charge is 0.326 e. The molecule has 0 bridgehead atoms. The van der Waals surface area contributed by atoms with Crippen LogP contribution in [-0.4, -0.2) is 26.2 Å². The Balaban J connectivity index is 1.91. The Labute approximate surface area is 145 Å². The number of anilines is 2. The molecule has 2 N–H and O–H groups in total. The van der Waals surface area contributed by atoms with Crippen molar-refractivity contribution in [3.05, 3.63) is 60.0 Å². The first-order valence-electron chi connectivity index (χ1n) is 7.81. The highest BCUT2D eigenvalue weighted by Gasteiger charge is 2.18. The second-order valence-electron chi connectivity index (χ2n) is 5.71. The molecule has 0 aliphatic carbocycles. The zero-order valence-corrected chi connectivity index (χ0v) is 14.3. The maximum Gasteiger partial charge on any atom is 0.261 e. The maximum absolute atomic E-state index is 12.8. The topological polar surface area (TPSA) is 81.0 Å². The predicted octanol–water partition coefficient (Wildman–Crippen LogP) is 2.73. The molecule has 128 valence electrons. The summed E-state index contributed by atoms with van der Waals surface area (Å²) in [6.07, 6.45) is 5.25. The number of aryl methyl sites for hydroxylation is 1. The van der Waals surface area contributed by atoms with Gasteiger partial charge in [0.2, 0.25) is 5.91 Å². The first kappa shape index (κ1) is 16.5. The average Bonchev–Trinajstić information content (AvgIpc) is 3.19. The number of hydrogen-bond acceptors (Lipinski definition) is 3. The van der Waals surface area contributed by atoms with Crippen molar-refractivity contribution in [1.82, 2.24) is 14.3 Å². The second kappa shape index (κ2) is 6.64. The highest BCUT2D eigenvalue weighted by Crippen LogP contribution is 2.24. The summed E-state index contributed by atoms with van der Waals surface area (Å²) in [6.45, 7) is 3.29. The molecule has 0 fully saturated rings. The van der Waals surface area contributed by atoms with E-state index in [0.717, 1.165) is 5.56 Å². The van der Waals surface area contributed by atoms with Gasteiger partial charge in [0.1, 0.15) is 11.4 Å². The van der Waals surface area contributed by atoms with Crippen molar-refractivity contribution >= 4 is 23.2 Å². The Hall–Kier alpha value is -3.35. The molecule has 1 aromatic carbocycles. The molecule has 7 heteroatoms. The number of hydrogen-bond donors (Lipinski definition) is 2. The van der Waals surface area contributed by atoms with Gasteiger partial charge in [-0.15, -0.1) is 0 Å². The molecule has 0 unspecified atom stereocenters. The molecule has 0 aliphatic heterocycles. The molecular weight excluding hydrogens is 318 g/mol. The van der Waals surface area contributed by atoms with Crippen molar-refractivity contribution in [2.24, 2.45) is 7.05 Å². The normalized spacial score (nSPS) is 10.5. The van der Waals surface area contributed by atoms with E-state index in [-0.39, 0.29) is 11.8 Å². The van der Waals surface area contributed by atoms with Crippen LogP contribution in [0.15, 0.2) is 48.9 Å². The number of nitrogens with zero attached hydrogens (tertiary/aromatic N) is 3. The van der Waals surface area contributed by atoms with Gasteiger partial charge in [-0.05, 0) is 36.8 Å². The lowest BCUT2D eigenvalue weighted by molar-refractivity contribution is -0.114. The van der Waals surface area contributed by atoms with E-state index in [4.69, 9.17) is 0 Å². The second-order valence-corrected chi connectivity index (χ2v) is 5.71. The van der Waals surface area contributed by atoms with Gasteiger partial charge in [0.15, 0.2) is 0 Å². The number of carbonyl (C=O) groups is 2. The third-order valence-electron chi connectivity index (χ3n) is 3.89. The van der Waals surface area contributed by atoms with Gasteiger partial charge in [0.25, 0.3) is 5.91 Å². The van der Waals surface area contributed by atoms with E-state index in [9.17, 15) is 9.59 Å². The number of aromatic nitrogens is 3. The first-order chi connectivity index (χ1) is 12.0. The van der Waals surface area contributed by atoms with Crippen LogP contribution in [0.1, 0.15) is 22.8 Å². The van der Waals surface area contributed by atoms with Crippen molar-refractivity contribution in [2.45, 2.75) is 13.8 Å². The van der Waals surface area contributed by atoms with Crippen LogP contribution in [0.4, 0.5) is 11.4 Å². The van der Waals surface area contributed by atoms with Gasteiger partial charge in [-0.1, -0.05) is 6.07 Å². The Morgan fingerprint density at radius 2 is 1.68 bits per heavy atom. The summed E-state index contributed by atoms with van der Waals surface area (Å²) in [7, 11) is 1.79. The van der Waals surface area contributed by atoms with Crippen LogP contribution in [-0.2, 0) is 11.8 Å². The molecule has 3 rings (SSSR count). The highest BCUT2D eigenvalue weighted by atomic mass is 16.2. The number of amides is 2. The van der Waals surface area contributed by atoms with Crippen LogP contribution in [0.2, 0.25) is 0 Å². The number of benzene rings is 1. The third kappa shape index (κ3) is 3.30. The van der Waals surface area contributed by atoms with Gasteiger partial charge in [-0.3, -0.25) is 14.3 Å². The minimum atomic E-state index is -0.264. The van der Waals surface area contributed by atoms with Gasteiger partial charge in [0.05, 0.1) is 6.20 Å². The zero-order valence-electron chi connectivity index (χ0n) is 14.3. The number of nitrogens with one attached hydrogen (secondary N) is 2. The lowest BCUT2D eigenvalue weighted by atomic mass is 10.1. The average molecular weight is 337 g/mol. The van der Waals surface area contributed by atoms with Crippen LogP contribution < -0.4 is 10.6 Å². The summed E-state index contributed by atoms with van der Waals surface area (Å²) < 4.78 is 3.48. The van der Waals surface area contributed by atoms with Crippen molar-refractivity contribution in [3.8, 4) is 5.82 Å². The Morgan fingerprint density at radius 3 is 2.32 bits per heavy atom. The summed E-state index contributed by atoms with van der Waals surface area (Å²) >= 11 is 0. The molecule has 25 heavy (non-hydrogen) atoms. The van der Waals surface area contributed by atoms with E-state index in [1.165, 1.54) is 13.1 Å². The fourth-order valence-electron chi connectivity index (χ4n) is 2.66. The predicted molar refractivity (Wildman–Crippen MR) is 96.0 cm³/mol. The lowest BCUT2D eigenvalue weighted by Crippen LogP contribution is -2.16. The SMILES string of the molecule is CC(=O)Nc1cccc(NC(=O)c2cnn(C)c2-n2cccc2)c1C. The molecule has 3 aromatic rings. The smallest absolute Gasteiger partial charge is 0.261 e. The van der Waals surface area contributed by atoms with Crippen molar-refractivity contribution in [2.75, 3.05) is 10.6 Å². The van der Waals surface area contributed by atoms with Gasteiger partial charge < -0.3 is 15.2 Å². The molecule has 2 amide bonds. The van der Waals surface area contributed by atoms with Crippen molar-refractivity contribution in [3.63, 3.8) is 0 Å². The standard InChI is InChI=1S/C18H19N5O2/c1-12-15(20-13(2)24)7-6-8-16(12)21-17(25)14-11-19-22(3)18(14)23-9-4-5-10-23/h4-11H,1-3H3,(H,20,24)(H,21,25). The minimum Gasteiger partial charge on any atom is -0.326 e. The van der Waals surface area contributed by atoms with Crippen LogP contribution >= 0.6 is 0 Å². The van der Waals surface area contributed by atoms with Crippen molar-refractivity contribution in [1.29, 1.82) is 0 Å². The Kier molecular flexibility index (Phi) is 4.38. The fraction of sp³-hybridized carbons (Fsp3) is 0.167. The van der Waals surface area contributed by atoms with E-state index < -0.39 is 0 Å². The van der Waals surface area contributed by atoms with Crippen molar-refractivity contribution < 1.29 is 9.59 Å². The van der Waals surface area contributed by atoms with E-state index >= 15 is 0 Å². The van der Waals surface area contributed by atoms with Gasteiger partial charge in [-0.25, -0.2) is 0 Å². The Morgan fingerprint density at radius 1 is 1.04 bits per heavy atom. The number of rotatable bonds is 4.